The van der Waals surface area contributed by atoms with Gasteiger partial charge >= 0.3 is 6.01 Å². The van der Waals surface area contributed by atoms with Crippen LogP contribution in [0.3, 0.4) is 0 Å². The van der Waals surface area contributed by atoms with E-state index >= 15 is 0 Å². The van der Waals surface area contributed by atoms with Gasteiger partial charge in [-0.15, -0.1) is 16.9 Å². The van der Waals surface area contributed by atoms with Gasteiger partial charge in [0, 0.05) is 23.2 Å². The minimum absolute atomic E-state index is 0.0463. The first kappa shape index (κ1) is 15.3. The van der Waals surface area contributed by atoms with Gasteiger partial charge in [0.1, 0.15) is 0 Å². The zero-order chi connectivity index (χ0) is 16.2. The Bertz CT molecular complexity index is 809. The Morgan fingerprint density at radius 2 is 2.04 bits per heavy atom. The first-order valence-electron chi connectivity index (χ1n) is 7.02. The number of rotatable bonds is 5. The third-order valence-electron chi connectivity index (χ3n) is 3.18. The van der Waals surface area contributed by atoms with E-state index in [2.05, 4.69) is 20.6 Å². The summed E-state index contributed by atoms with van der Waals surface area (Å²) in [6.07, 6.45) is 3.75. The molecule has 23 heavy (non-hydrogen) atoms. The fourth-order valence-corrected chi connectivity index (χ4v) is 2.35. The van der Waals surface area contributed by atoms with Gasteiger partial charge in [-0.2, -0.15) is 5.10 Å². The molecular weight excluding hydrogens is 314 g/mol. The van der Waals surface area contributed by atoms with Crippen molar-refractivity contribution >= 4 is 23.7 Å². The molecule has 0 atom stereocenters. The Balaban J connectivity index is 1.72. The maximum atomic E-state index is 12.1. The highest BCUT2D eigenvalue weighted by Crippen LogP contribution is 2.23. The molecule has 0 radical (unpaired) electrons. The number of nitrogens with one attached hydrogen (secondary N) is 1. The van der Waals surface area contributed by atoms with E-state index in [9.17, 15) is 4.79 Å². The second kappa shape index (κ2) is 6.66. The van der Waals surface area contributed by atoms with E-state index in [1.807, 2.05) is 37.4 Å². The highest BCUT2D eigenvalue weighted by Gasteiger charge is 2.14. The second-order valence-corrected chi connectivity index (χ2v) is 5.53. The molecule has 0 aliphatic rings. The molecule has 0 saturated carbocycles. The monoisotopic (exact) mass is 329 g/mol. The number of thioether (sulfide) groups is 1. The highest BCUT2D eigenvalue weighted by molar-refractivity contribution is 7.98. The maximum Gasteiger partial charge on any atom is 0.322 e. The largest absolute Gasteiger partial charge is 0.403 e. The molecule has 0 bridgehead atoms. The van der Waals surface area contributed by atoms with Crippen LogP contribution in [0.25, 0.3) is 11.5 Å². The van der Waals surface area contributed by atoms with Crippen LogP contribution in [-0.4, -0.2) is 32.1 Å². The van der Waals surface area contributed by atoms with Gasteiger partial charge in [0.2, 0.25) is 5.89 Å². The molecule has 0 unspecified atom stereocenters. The minimum Gasteiger partial charge on any atom is -0.403 e. The Hall–Kier alpha value is -2.61. The number of amides is 1. The fourth-order valence-electron chi connectivity index (χ4n) is 1.94. The summed E-state index contributed by atoms with van der Waals surface area (Å²) in [5, 5.41) is 14.5. The van der Waals surface area contributed by atoms with Crippen molar-refractivity contribution in [2.24, 2.45) is 0 Å². The zero-order valence-electron chi connectivity index (χ0n) is 12.7. The van der Waals surface area contributed by atoms with E-state index in [1.165, 1.54) is 0 Å². The molecule has 2 heterocycles. The van der Waals surface area contributed by atoms with E-state index in [-0.39, 0.29) is 11.9 Å². The average molecular weight is 329 g/mol. The van der Waals surface area contributed by atoms with Gasteiger partial charge in [-0.3, -0.25) is 14.8 Å². The molecule has 3 rings (SSSR count). The third kappa shape index (κ3) is 3.42. The van der Waals surface area contributed by atoms with Crippen molar-refractivity contribution in [3.63, 3.8) is 0 Å². The van der Waals surface area contributed by atoms with Crippen molar-refractivity contribution in [2.75, 3.05) is 11.6 Å². The molecule has 1 N–H and O–H groups in total. The Kier molecular flexibility index (Phi) is 4.42. The number of nitrogens with zero attached hydrogens (tertiary/aromatic N) is 4. The van der Waals surface area contributed by atoms with Crippen LogP contribution < -0.4 is 5.32 Å². The van der Waals surface area contributed by atoms with Crippen LogP contribution in [0.4, 0.5) is 6.01 Å². The summed E-state index contributed by atoms with van der Waals surface area (Å²) < 4.78 is 7.14. The lowest BCUT2D eigenvalue weighted by Gasteiger charge is -1.98. The first-order valence-corrected chi connectivity index (χ1v) is 8.25. The molecule has 0 fully saturated rings. The molecule has 1 aromatic carbocycles. The van der Waals surface area contributed by atoms with Crippen LogP contribution in [0, 0.1) is 0 Å². The molecule has 3 aromatic rings. The van der Waals surface area contributed by atoms with Gasteiger partial charge in [-0.25, -0.2) is 0 Å². The predicted octanol–water partition coefficient (Wildman–Crippen LogP) is 2.93. The summed E-state index contributed by atoms with van der Waals surface area (Å²) >= 11 is 1.66. The minimum atomic E-state index is -0.384. The van der Waals surface area contributed by atoms with Crippen LogP contribution in [0.5, 0.6) is 0 Å². The molecule has 2 aromatic heterocycles. The SMILES string of the molecule is CCn1ccc(C(=O)Nc2nnc(-c3ccc(SC)cc3)o2)n1. The lowest BCUT2D eigenvalue weighted by molar-refractivity contribution is 0.101. The van der Waals surface area contributed by atoms with Gasteiger partial charge in [-0.05, 0) is 43.5 Å². The van der Waals surface area contributed by atoms with E-state index < -0.39 is 0 Å². The number of benzene rings is 1. The summed E-state index contributed by atoms with van der Waals surface area (Å²) in [4.78, 5) is 13.2. The average Bonchev–Trinajstić information content (AvgIpc) is 3.24. The molecule has 0 spiro atoms. The third-order valence-corrected chi connectivity index (χ3v) is 3.92. The van der Waals surface area contributed by atoms with Crippen LogP contribution in [0.15, 0.2) is 45.8 Å². The Morgan fingerprint density at radius 3 is 2.70 bits per heavy atom. The fraction of sp³-hybridized carbons (Fsp3) is 0.200. The van der Waals surface area contributed by atoms with Crippen molar-refractivity contribution in [3.05, 3.63) is 42.2 Å². The van der Waals surface area contributed by atoms with Crippen LogP contribution >= 0.6 is 11.8 Å². The van der Waals surface area contributed by atoms with E-state index in [0.29, 0.717) is 18.1 Å². The second-order valence-electron chi connectivity index (χ2n) is 4.65. The molecular formula is C15H15N5O2S. The zero-order valence-corrected chi connectivity index (χ0v) is 13.5. The number of carbonyl (C=O) groups is 1. The molecule has 7 nitrogen and oxygen atoms in total. The number of hydrogen-bond donors (Lipinski definition) is 1. The van der Waals surface area contributed by atoms with Crippen molar-refractivity contribution in [1.29, 1.82) is 0 Å². The van der Waals surface area contributed by atoms with Gasteiger partial charge in [-0.1, -0.05) is 5.10 Å². The van der Waals surface area contributed by atoms with Crippen LogP contribution in [-0.2, 0) is 6.54 Å². The number of carbonyl (C=O) groups excluding carboxylic acids is 1. The molecule has 8 heteroatoms. The molecule has 0 saturated heterocycles. The summed E-state index contributed by atoms with van der Waals surface area (Å²) in [5.41, 5.74) is 1.10. The molecule has 0 aliphatic heterocycles. The normalized spacial score (nSPS) is 10.7. The number of aryl methyl sites for hydroxylation is 1. The van der Waals surface area contributed by atoms with Crippen molar-refractivity contribution in [2.45, 2.75) is 18.4 Å². The summed E-state index contributed by atoms with van der Waals surface area (Å²) in [6.45, 7) is 2.64. The number of aromatic nitrogens is 4. The predicted molar refractivity (Wildman–Crippen MR) is 87.4 cm³/mol. The lowest BCUT2D eigenvalue weighted by Crippen LogP contribution is -2.13. The smallest absolute Gasteiger partial charge is 0.322 e. The standard InChI is InChI=1S/C15H15N5O2S/c1-3-20-9-8-12(19-20)13(21)16-15-18-17-14(22-15)10-4-6-11(23-2)7-5-10/h4-9H,3H2,1-2H3,(H,16,18,21). The van der Waals surface area contributed by atoms with E-state index in [1.54, 1.807) is 28.7 Å². The quantitative estimate of drug-likeness (QED) is 0.724. The molecule has 118 valence electrons. The Morgan fingerprint density at radius 1 is 1.26 bits per heavy atom. The van der Waals surface area contributed by atoms with Crippen molar-refractivity contribution in [3.8, 4) is 11.5 Å². The van der Waals surface area contributed by atoms with Gasteiger partial charge < -0.3 is 4.42 Å². The van der Waals surface area contributed by atoms with E-state index in [0.717, 1.165) is 10.5 Å². The van der Waals surface area contributed by atoms with E-state index in [4.69, 9.17) is 4.42 Å². The summed E-state index contributed by atoms with van der Waals surface area (Å²) in [5.74, 6) is -0.0304. The summed E-state index contributed by atoms with van der Waals surface area (Å²) in [6, 6.07) is 9.42. The maximum absolute atomic E-state index is 12.1. The lowest BCUT2D eigenvalue weighted by atomic mass is 10.2. The summed E-state index contributed by atoms with van der Waals surface area (Å²) in [7, 11) is 0. The number of anilines is 1. The van der Waals surface area contributed by atoms with Crippen LogP contribution in [0.2, 0.25) is 0 Å². The topological polar surface area (TPSA) is 85.8 Å². The van der Waals surface area contributed by atoms with Gasteiger partial charge in [0.25, 0.3) is 5.91 Å². The molecule has 0 aliphatic carbocycles. The Labute approximate surface area is 137 Å². The van der Waals surface area contributed by atoms with Gasteiger partial charge in [0.05, 0.1) is 0 Å². The van der Waals surface area contributed by atoms with Crippen molar-refractivity contribution < 1.29 is 9.21 Å². The highest BCUT2D eigenvalue weighted by atomic mass is 32.2. The number of hydrogen-bond acceptors (Lipinski definition) is 6. The molecule has 1 amide bonds. The van der Waals surface area contributed by atoms with Crippen molar-refractivity contribution in [1.82, 2.24) is 20.0 Å². The van der Waals surface area contributed by atoms with Gasteiger partial charge in [0.15, 0.2) is 5.69 Å². The first-order chi connectivity index (χ1) is 11.2. The van der Waals surface area contributed by atoms with Crippen LogP contribution in [0.1, 0.15) is 17.4 Å².